The lowest BCUT2D eigenvalue weighted by Crippen LogP contribution is -2.30. The molecular formula is C11H10N2OS. The van der Waals surface area contributed by atoms with Crippen molar-refractivity contribution in [2.45, 2.75) is 6.04 Å². The summed E-state index contributed by atoms with van der Waals surface area (Å²) in [6, 6.07) is 8.91. The van der Waals surface area contributed by atoms with Gasteiger partial charge in [0.25, 0.3) is 5.91 Å². The van der Waals surface area contributed by atoms with Crippen LogP contribution >= 0.6 is 12.2 Å². The van der Waals surface area contributed by atoms with Gasteiger partial charge in [-0.3, -0.25) is 9.69 Å². The van der Waals surface area contributed by atoms with Crippen molar-refractivity contribution < 1.29 is 4.79 Å². The number of anilines is 1. The molecule has 0 aromatic heterocycles. The molecule has 0 bridgehead atoms. The highest BCUT2D eigenvalue weighted by Gasteiger charge is 2.34. The molecule has 15 heavy (non-hydrogen) atoms. The summed E-state index contributed by atoms with van der Waals surface area (Å²) in [4.78, 5) is 13.3. The number of nitrogens with one attached hydrogen (secondary N) is 1. The average molecular weight is 218 g/mol. The molecule has 0 radical (unpaired) electrons. The molecular weight excluding hydrogens is 208 g/mol. The van der Waals surface area contributed by atoms with Crippen LogP contribution in [0.1, 0.15) is 0 Å². The molecule has 0 spiro atoms. The second kappa shape index (κ2) is 3.82. The van der Waals surface area contributed by atoms with Crippen molar-refractivity contribution >= 4 is 28.9 Å². The van der Waals surface area contributed by atoms with E-state index in [4.69, 9.17) is 12.2 Å². The second-order valence-corrected chi connectivity index (χ2v) is 3.56. The Balaban J connectivity index is 2.35. The fourth-order valence-corrected chi connectivity index (χ4v) is 1.80. The Labute approximate surface area is 93.4 Å². The van der Waals surface area contributed by atoms with E-state index in [-0.39, 0.29) is 5.91 Å². The first kappa shape index (κ1) is 9.86. The Morgan fingerprint density at radius 2 is 2.07 bits per heavy atom. The molecule has 0 saturated carbocycles. The normalized spacial score (nSPS) is 20.3. The lowest BCUT2D eigenvalue weighted by atomic mass is 10.2. The van der Waals surface area contributed by atoms with Crippen LogP contribution in [0.5, 0.6) is 0 Å². The van der Waals surface area contributed by atoms with Crippen LogP contribution in [0.15, 0.2) is 43.0 Å². The lowest BCUT2D eigenvalue weighted by molar-refractivity contribution is -0.117. The number of hydrogen-bond acceptors (Lipinski definition) is 2. The van der Waals surface area contributed by atoms with Crippen LogP contribution in [0.25, 0.3) is 0 Å². The van der Waals surface area contributed by atoms with E-state index in [1.54, 1.807) is 6.08 Å². The standard InChI is InChI=1S/C11H10N2OS/c1-2-9-10(14)13(11(15)12-9)8-6-4-3-5-7-8/h2-7,9H,1H2,(H,12,15)/t9-/m1/s1. The van der Waals surface area contributed by atoms with E-state index in [0.29, 0.717) is 5.11 Å². The predicted molar refractivity (Wildman–Crippen MR) is 63.6 cm³/mol. The van der Waals surface area contributed by atoms with Crippen molar-refractivity contribution in [3.8, 4) is 0 Å². The van der Waals surface area contributed by atoms with Gasteiger partial charge in [-0.05, 0) is 24.4 Å². The summed E-state index contributed by atoms with van der Waals surface area (Å²) in [6.45, 7) is 3.59. The van der Waals surface area contributed by atoms with Crippen molar-refractivity contribution in [3.63, 3.8) is 0 Å². The first-order valence-electron chi connectivity index (χ1n) is 4.56. The van der Waals surface area contributed by atoms with Gasteiger partial charge < -0.3 is 5.32 Å². The number of carbonyl (C=O) groups excluding carboxylic acids is 1. The van der Waals surface area contributed by atoms with Crippen molar-refractivity contribution in [2.24, 2.45) is 0 Å². The molecule has 1 aromatic rings. The SMILES string of the molecule is C=C[C@H]1NC(=S)N(c2ccccc2)C1=O. The maximum Gasteiger partial charge on any atom is 0.259 e. The average Bonchev–Trinajstić information content (AvgIpc) is 2.55. The number of thiocarbonyl (C=S) groups is 1. The van der Waals surface area contributed by atoms with Crippen LogP contribution in [0, 0.1) is 0 Å². The third kappa shape index (κ3) is 1.64. The van der Waals surface area contributed by atoms with Crippen LogP contribution in [0.2, 0.25) is 0 Å². The van der Waals surface area contributed by atoms with Crippen molar-refractivity contribution in [1.82, 2.24) is 5.32 Å². The minimum atomic E-state index is -0.405. The van der Waals surface area contributed by atoms with Crippen molar-refractivity contribution in [3.05, 3.63) is 43.0 Å². The van der Waals surface area contributed by atoms with Gasteiger partial charge in [0.05, 0.1) is 5.69 Å². The molecule has 3 nitrogen and oxygen atoms in total. The zero-order valence-electron chi connectivity index (χ0n) is 8.01. The number of rotatable bonds is 2. The van der Waals surface area contributed by atoms with E-state index >= 15 is 0 Å². The van der Waals surface area contributed by atoms with E-state index in [9.17, 15) is 4.79 Å². The van der Waals surface area contributed by atoms with Gasteiger partial charge in [-0.2, -0.15) is 0 Å². The lowest BCUT2D eigenvalue weighted by Gasteiger charge is -2.13. The second-order valence-electron chi connectivity index (χ2n) is 3.17. The number of benzene rings is 1. The summed E-state index contributed by atoms with van der Waals surface area (Å²) >= 11 is 5.09. The molecule has 1 atom stereocenters. The minimum Gasteiger partial charge on any atom is -0.347 e. The van der Waals surface area contributed by atoms with E-state index in [1.807, 2.05) is 30.3 Å². The van der Waals surface area contributed by atoms with Crippen LogP contribution in [-0.4, -0.2) is 17.1 Å². The van der Waals surface area contributed by atoms with Gasteiger partial charge in [0.15, 0.2) is 5.11 Å². The summed E-state index contributed by atoms with van der Waals surface area (Å²) in [7, 11) is 0. The Bertz CT molecular complexity index is 416. The van der Waals surface area contributed by atoms with E-state index < -0.39 is 6.04 Å². The molecule has 1 aliphatic heterocycles. The van der Waals surface area contributed by atoms with Crippen LogP contribution in [0.3, 0.4) is 0 Å². The maximum atomic E-state index is 11.9. The quantitative estimate of drug-likeness (QED) is 0.602. The van der Waals surface area contributed by atoms with Gasteiger partial charge in [-0.1, -0.05) is 24.3 Å². The molecule has 4 heteroatoms. The molecule has 0 unspecified atom stereocenters. The first-order valence-corrected chi connectivity index (χ1v) is 4.97. The fraction of sp³-hybridized carbons (Fsp3) is 0.0909. The van der Waals surface area contributed by atoms with Gasteiger partial charge in [-0.15, -0.1) is 6.58 Å². The molecule has 1 saturated heterocycles. The number of carbonyl (C=O) groups is 1. The Kier molecular flexibility index (Phi) is 2.51. The van der Waals surface area contributed by atoms with E-state index in [2.05, 4.69) is 11.9 Å². The highest BCUT2D eigenvalue weighted by molar-refractivity contribution is 7.80. The third-order valence-corrected chi connectivity index (χ3v) is 2.52. The summed E-state index contributed by atoms with van der Waals surface area (Å²) in [5.41, 5.74) is 0.782. The first-order chi connectivity index (χ1) is 7.24. The molecule has 0 aliphatic carbocycles. The molecule has 2 rings (SSSR count). The van der Waals surface area contributed by atoms with Gasteiger partial charge >= 0.3 is 0 Å². The molecule has 76 valence electrons. The zero-order chi connectivity index (χ0) is 10.8. The summed E-state index contributed by atoms with van der Waals surface area (Å²) in [6.07, 6.45) is 1.55. The third-order valence-electron chi connectivity index (χ3n) is 2.22. The van der Waals surface area contributed by atoms with Gasteiger partial charge in [0, 0.05) is 0 Å². The minimum absolute atomic E-state index is 0.0822. The van der Waals surface area contributed by atoms with Crippen molar-refractivity contribution in [2.75, 3.05) is 4.90 Å². The summed E-state index contributed by atoms with van der Waals surface area (Å²) in [5.74, 6) is -0.0822. The predicted octanol–water partition coefficient (Wildman–Crippen LogP) is 1.46. The number of hydrogen-bond donors (Lipinski definition) is 1. The monoisotopic (exact) mass is 218 g/mol. The zero-order valence-corrected chi connectivity index (χ0v) is 8.83. The van der Waals surface area contributed by atoms with E-state index in [1.165, 1.54) is 4.90 Å². The summed E-state index contributed by atoms with van der Waals surface area (Å²) in [5, 5.41) is 3.32. The number of nitrogens with zero attached hydrogens (tertiary/aromatic N) is 1. The Morgan fingerprint density at radius 1 is 1.40 bits per heavy atom. The van der Waals surface area contributed by atoms with Gasteiger partial charge in [0.2, 0.25) is 0 Å². The Morgan fingerprint density at radius 3 is 2.60 bits per heavy atom. The summed E-state index contributed by atoms with van der Waals surface area (Å²) < 4.78 is 0. The molecule has 1 amide bonds. The van der Waals surface area contributed by atoms with Gasteiger partial charge in [0.1, 0.15) is 6.04 Å². The maximum absolute atomic E-state index is 11.9. The van der Waals surface area contributed by atoms with Crippen LogP contribution in [0.4, 0.5) is 5.69 Å². The molecule has 1 fully saturated rings. The van der Waals surface area contributed by atoms with Crippen LogP contribution < -0.4 is 10.2 Å². The van der Waals surface area contributed by atoms with Crippen LogP contribution in [-0.2, 0) is 4.79 Å². The molecule has 1 aliphatic rings. The smallest absolute Gasteiger partial charge is 0.259 e. The molecule has 1 aromatic carbocycles. The number of amides is 1. The molecule has 1 N–H and O–H groups in total. The highest BCUT2D eigenvalue weighted by atomic mass is 32.1. The number of para-hydroxylation sites is 1. The highest BCUT2D eigenvalue weighted by Crippen LogP contribution is 2.19. The largest absolute Gasteiger partial charge is 0.347 e. The van der Waals surface area contributed by atoms with Crippen molar-refractivity contribution in [1.29, 1.82) is 0 Å². The van der Waals surface area contributed by atoms with Gasteiger partial charge in [-0.25, -0.2) is 0 Å². The Hall–Kier alpha value is -1.68. The van der Waals surface area contributed by atoms with E-state index in [0.717, 1.165) is 5.69 Å². The molecule has 1 heterocycles. The fourth-order valence-electron chi connectivity index (χ4n) is 1.48. The topological polar surface area (TPSA) is 32.3 Å².